The zero-order valence-corrected chi connectivity index (χ0v) is 3.98. The number of halogens is 3. The van der Waals surface area contributed by atoms with Gasteiger partial charge < -0.3 is 0 Å². The van der Waals surface area contributed by atoms with Crippen LogP contribution in [0.25, 0.3) is 0 Å². The van der Waals surface area contributed by atoms with Gasteiger partial charge in [0.1, 0.15) is 0 Å². The number of hydrogen-bond acceptors (Lipinski definition) is 0. The van der Waals surface area contributed by atoms with Crippen molar-refractivity contribution in [1.29, 1.82) is 0 Å². The average Bonchev–Trinajstić information content (AvgIpc) is 0.811. The van der Waals surface area contributed by atoms with E-state index in [1.165, 1.54) is 0 Å². The first kappa shape index (κ1) is 9.98. The van der Waals surface area contributed by atoms with Gasteiger partial charge in [0.25, 0.3) is 0 Å². The normalized spacial score (nSPS) is 7.20. The predicted octanol–water partition coefficient (Wildman–Crippen LogP) is 1.34. The Hall–Kier alpha value is 1.87. The molecule has 0 heterocycles. The van der Waals surface area contributed by atoms with Gasteiger partial charge in [0.05, 0.1) is 0 Å². The van der Waals surface area contributed by atoms with Crippen molar-refractivity contribution >= 4 is 64.4 Å². The average molecular weight is 143 g/mol. The van der Waals surface area contributed by atoms with Gasteiger partial charge in [-0.3, -0.25) is 0 Å². The molecule has 28 valence electrons. The van der Waals surface area contributed by atoms with Crippen molar-refractivity contribution in [3.05, 3.63) is 0 Å². The summed E-state index contributed by atoms with van der Waals surface area (Å²) in [6.07, 6.45) is 0. The minimum atomic E-state index is -0.750. The van der Waals surface area contributed by atoms with Crippen LogP contribution < -0.4 is 0 Å². The molecule has 0 aliphatic heterocycles. The van der Waals surface area contributed by atoms with Gasteiger partial charge in [-0.15, -0.1) is 0 Å². The minimum absolute atomic E-state index is 0. The topological polar surface area (TPSA) is 0 Å². The van der Waals surface area contributed by atoms with Crippen LogP contribution in [0.1, 0.15) is 0 Å². The van der Waals surface area contributed by atoms with E-state index in [9.17, 15) is 0 Å². The maximum absolute atomic E-state index is 4.81. The Morgan fingerprint density at radius 1 is 1.00 bits per heavy atom. The summed E-state index contributed by atoms with van der Waals surface area (Å²) in [7, 11) is 0. The molecular weight excluding hydrogens is 141 g/mol. The van der Waals surface area contributed by atoms with Crippen LogP contribution in [0, 0.1) is 0 Å². The molecule has 0 atom stereocenters. The van der Waals surface area contributed by atoms with E-state index in [-0.39, 0.29) is 29.6 Å². The molecule has 0 aliphatic carbocycles. The van der Waals surface area contributed by atoms with E-state index in [1.807, 2.05) is 0 Å². The molecular formula is CH2Cl3Na. The standard InChI is InChI=1S/CHCl3.Na.H/c2-1(3)4;;/h1H;;. The summed E-state index contributed by atoms with van der Waals surface area (Å²) in [6, 6.07) is 0. The number of hydrogen-bond donors (Lipinski definition) is 0. The summed E-state index contributed by atoms with van der Waals surface area (Å²) in [4.78, 5) is 0. The van der Waals surface area contributed by atoms with Crippen molar-refractivity contribution in [2.24, 2.45) is 0 Å². The van der Waals surface area contributed by atoms with Gasteiger partial charge in [0.15, 0.2) is 4.30 Å². The Morgan fingerprint density at radius 3 is 1.00 bits per heavy atom. The Balaban J connectivity index is 0. The van der Waals surface area contributed by atoms with E-state index in [2.05, 4.69) is 0 Å². The van der Waals surface area contributed by atoms with Crippen molar-refractivity contribution in [2.45, 2.75) is 4.30 Å². The summed E-state index contributed by atoms with van der Waals surface area (Å²) in [6.45, 7) is 0. The molecule has 5 heavy (non-hydrogen) atoms. The van der Waals surface area contributed by atoms with Crippen LogP contribution in [0.15, 0.2) is 0 Å². The summed E-state index contributed by atoms with van der Waals surface area (Å²) < 4.78 is -0.750. The van der Waals surface area contributed by atoms with Gasteiger partial charge in [0.2, 0.25) is 0 Å². The molecule has 0 spiro atoms. The third kappa shape index (κ3) is 25.1. The quantitative estimate of drug-likeness (QED) is 0.355. The first-order chi connectivity index (χ1) is 1.73. The van der Waals surface area contributed by atoms with Gasteiger partial charge in [-0.2, -0.15) is 0 Å². The van der Waals surface area contributed by atoms with Crippen LogP contribution in [0.3, 0.4) is 0 Å². The monoisotopic (exact) mass is 142 g/mol. The van der Waals surface area contributed by atoms with Crippen molar-refractivity contribution in [1.82, 2.24) is 0 Å². The van der Waals surface area contributed by atoms with E-state index >= 15 is 0 Å². The van der Waals surface area contributed by atoms with Gasteiger partial charge in [-0.05, 0) is 0 Å². The Bertz CT molecular complexity index is 11.6. The van der Waals surface area contributed by atoms with Crippen LogP contribution in [0.5, 0.6) is 0 Å². The summed E-state index contributed by atoms with van der Waals surface area (Å²) in [5.74, 6) is 0. The van der Waals surface area contributed by atoms with Crippen LogP contribution in [-0.2, 0) is 0 Å². The molecule has 0 unspecified atom stereocenters. The fourth-order valence-corrected chi connectivity index (χ4v) is 0. The van der Waals surface area contributed by atoms with Crippen molar-refractivity contribution in [3.8, 4) is 0 Å². The summed E-state index contributed by atoms with van der Waals surface area (Å²) >= 11 is 14.4. The second-order valence-corrected chi connectivity index (χ2v) is 2.23. The third-order valence-electron chi connectivity index (χ3n) is 0. The molecule has 0 aliphatic rings. The van der Waals surface area contributed by atoms with E-state index in [0.717, 1.165) is 0 Å². The van der Waals surface area contributed by atoms with Crippen molar-refractivity contribution in [3.63, 3.8) is 0 Å². The molecule has 0 nitrogen and oxygen atoms in total. The second-order valence-electron chi connectivity index (χ2n) is 0.247. The Morgan fingerprint density at radius 2 is 1.00 bits per heavy atom. The van der Waals surface area contributed by atoms with Crippen LogP contribution in [0.2, 0.25) is 0 Å². The van der Waals surface area contributed by atoms with Crippen LogP contribution >= 0.6 is 34.8 Å². The molecule has 0 saturated carbocycles. The molecule has 0 radical (unpaired) electrons. The maximum atomic E-state index is 4.81. The summed E-state index contributed by atoms with van der Waals surface area (Å²) in [5, 5.41) is 0. The van der Waals surface area contributed by atoms with Crippen LogP contribution in [0.4, 0.5) is 0 Å². The fourth-order valence-electron chi connectivity index (χ4n) is 0. The molecule has 0 fully saturated rings. The number of alkyl halides is 3. The molecule has 0 saturated heterocycles. The van der Waals surface area contributed by atoms with E-state index in [4.69, 9.17) is 34.8 Å². The first-order valence-corrected chi connectivity index (χ1v) is 1.96. The van der Waals surface area contributed by atoms with Gasteiger partial charge in [-0.25, -0.2) is 0 Å². The molecule has 4 heteroatoms. The number of rotatable bonds is 0. The molecule has 0 aromatic rings. The van der Waals surface area contributed by atoms with Gasteiger partial charge >= 0.3 is 29.6 Å². The zero-order valence-electron chi connectivity index (χ0n) is 1.71. The molecule has 0 amide bonds. The van der Waals surface area contributed by atoms with Gasteiger partial charge in [0, 0.05) is 0 Å². The third-order valence-corrected chi connectivity index (χ3v) is 0. The van der Waals surface area contributed by atoms with E-state index < -0.39 is 4.30 Å². The predicted molar refractivity (Wildman–Crippen MR) is 28.5 cm³/mol. The molecule has 0 N–H and O–H groups in total. The Kier molecular flexibility index (Phi) is 11.7. The molecule has 0 bridgehead atoms. The summed E-state index contributed by atoms with van der Waals surface area (Å²) in [5.41, 5.74) is 0. The van der Waals surface area contributed by atoms with Crippen LogP contribution in [-0.4, -0.2) is 33.9 Å². The molecule has 0 aromatic heterocycles. The van der Waals surface area contributed by atoms with Crippen molar-refractivity contribution < 1.29 is 0 Å². The zero-order chi connectivity index (χ0) is 3.58. The molecule has 0 aromatic carbocycles. The first-order valence-electron chi connectivity index (χ1n) is 0.655. The SMILES string of the molecule is ClC(Cl)Cl.[NaH]. The van der Waals surface area contributed by atoms with Gasteiger partial charge in [-0.1, -0.05) is 34.8 Å². The van der Waals surface area contributed by atoms with E-state index in [0.29, 0.717) is 0 Å². The second kappa shape index (κ2) is 5.87. The van der Waals surface area contributed by atoms with E-state index in [1.54, 1.807) is 0 Å². The van der Waals surface area contributed by atoms with Crippen molar-refractivity contribution in [2.75, 3.05) is 0 Å². The molecule has 0 rings (SSSR count). The Labute approximate surface area is 68.1 Å². The fraction of sp³-hybridized carbons (Fsp3) is 1.00.